The Balaban J connectivity index is 1.73. The molecule has 1 heteroatoms. The maximum atomic E-state index is 10.4. The largest absolute Gasteiger partial charge is 0.390 e. The van der Waals surface area contributed by atoms with Gasteiger partial charge in [0.2, 0.25) is 0 Å². The van der Waals surface area contributed by atoms with Crippen molar-refractivity contribution in [3.8, 4) is 0 Å². The second-order valence-corrected chi connectivity index (χ2v) is 6.50. The van der Waals surface area contributed by atoms with Crippen LogP contribution in [0.1, 0.15) is 58.3 Å². The molecule has 2 atom stereocenters. The summed E-state index contributed by atoms with van der Waals surface area (Å²) < 4.78 is 0. The first kappa shape index (κ1) is 10.1. The average Bonchev–Trinajstić information content (AvgIpc) is 2.14. The van der Waals surface area contributed by atoms with Gasteiger partial charge in [-0.1, -0.05) is 19.8 Å². The molecule has 4 rings (SSSR count). The average molecular weight is 208 g/mol. The maximum absolute atomic E-state index is 10.4. The third-order valence-electron chi connectivity index (χ3n) is 5.33. The fourth-order valence-corrected chi connectivity index (χ4v) is 5.00. The Bertz CT molecular complexity index is 232. The zero-order valence-electron chi connectivity index (χ0n) is 9.91. The molecule has 4 bridgehead atoms. The van der Waals surface area contributed by atoms with E-state index >= 15 is 0 Å². The molecule has 0 spiro atoms. The molecule has 0 saturated heterocycles. The summed E-state index contributed by atoms with van der Waals surface area (Å²) in [4.78, 5) is 0. The van der Waals surface area contributed by atoms with Gasteiger partial charge in [-0.2, -0.15) is 0 Å². The highest BCUT2D eigenvalue weighted by molar-refractivity contribution is 5.05. The molecule has 4 saturated carbocycles. The van der Waals surface area contributed by atoms with Crippen LogP contribution < -0.4 is 0 Å². The zero-order chi connectivity index (χ0) is 10.5. The first-order valence-electron chi connectivity index (χ1n) is 6.92. The zero-order valence-corrected chi connectivity index (χ0v) is 9.91. The molecule has 1 nitrogen and oxygen atoms in total. The van der Waals surface area contributed by atoms with E-state index in [2.05, 4.69) is 6.92 Å². The van der Waals surface area contributed by atoms with Crippen molar-refractivity contribution in [2.45, 2.75) is 63.9 Å². The molecule has 2 unspecified atom stereocenters. The van der Waals surface area contributed by atoms with Gasteiger partial charge in [-0.3, -0.25) is 0 Å². The summed E-state index contributed by atoms with van der Waals surface area (Å²) in [5.41, 5.74) is -0.223. The van der Waals surface area contributed by atoms with Gasteiger partial charge < -0.3 is 5.11 Å². The van der Waals surface area contributed by atoms with Crippen molar-refractivity contribution < 1.29 is 5.11 Å². The van der Waals surface area contributed by atoms with E-state index in [-0.39, 0.29) is 5.60 Å². The van der Waals surface area contributed by atoms with Crippen molar-refractivity contribution in [3.05, 3.63) is 0 Å². The van der Waals surface area contributed by atoms with Crippen LogP contribution in [0, 0.1) is 23.7 Å². The number of unbranched alkanes of at least 4 members (excludes halogenated alkanes) is 1. The van der Waals surface area contributed by atoms with Crippen LogP contribution in [0.5, 0.6) is 0 Å². The van der Waals surface area contributed by atoms with Gasteiger partial charge in [-0.25, -0.2) is 0 Å². The third-order valence-corrected chi connectivity index (χ3v) is 5.33. The lowest BCUT2D eigenvalue weighted by Gasteiger charge is -2.58. The van der Waals surface area contributed by atoms with Gasteiger partial charge in [0.05, 0.1) is 5.60 Å². The molecule has 4 aliphatic carbocycles. The van der Waals surface area contributed by atoms with E-state index in [0.717, 1.165) is 42.9 Å². The summed E-state index contributed by atoms with van der Waals surface area (Å²) in [6.07, 6.45) is 10.4. The quantitative estimate of drug-likeness (QED) is 0.754. The molecule has 0 aromatic carbocycles. The molecule has 15 heavy (non-hydrogen) atoms. The minimum Gasteiger partial charge on any atom is -0.390 e. The van der Waals surface area contributed by atoms with Gasteiger partial charge in [0.1, 0.15) is 0 Å². The number of rotatable bonds is 3. The van der Waals surface area contributed by atoms with Gasteiger partial charge in [0.15, 0.2) is 0 Å². The van der Waals surface area contributed by atoms with Crippen LogP contribution in [0.25, 0.3) is 0 Å². The van der Waals surface area contributed by atoms with Crippen molar-refractivity contribution >= 4 is 0 Å². The van der Waals surface area contributed by atoms with Crippen LogP contribution in [-0.2, 0) is 0 Å². The van der Waals surface area contributed by atoms with Crippen LogP contribution in [0.15, 0.2) is 0 Å². The SMILES string of the molecule is CCCCC1C2CC3CC1CC(O)(C3)C2. The van der Waals surface area contributed by atoms with E-state index in [9.17, 15) is 5.11 Å². The second-order valence-electron chi connectivity index (χ2n) is 6.50. The Kier molecular flexibility index (Phi) is 2.35. The molecule has 0 aromatic heterocycles. The molecule has 0 heterocycles. The van der Waals surface area contributed by atoms with Crippen LogP contribution in [0.2, 0.25) is 0 Å². The normalized spacial score (nSPS) is 52.4. The lowest BCUT2D eigenvalue weighted by atomic mass is 9.49. The Morgan fingerprint density at radius 3 is 2.33 bits per heavy atom. The van der Waals surface area contributed by atoms with Crippen molar-refractivity contribution in [3.63, 3.8) is 0 Å². The summed E-state index contributed by atoms with van der Waals surface area (Å²) >= 11 is 0. The molecule has 86 valence electrons. The van der Waals surface area contributed by atoms with E-state index in [1.807, 2.05) is 0 Å². The maximum Gasteiger partial charge on any atom is 0.0656 e. The smallest absolute Gasteiger partial charge is 0.0656 e. The number of aliphatic hydroxyl groups is 1. The second kappa shape index (κ2) is 3.48. The molecule has 1 N–H and O–H groups in total. The Morgan fingerprint density at radius 1 is 1.13 bits per heavy atom. The minimum atomic E-state index is -0.223. The van der Waals surface area contributed by atoms with Gasteiger partial charge in [0, 0.05) is 0 Å². The summed E-state index contributed by atoms with van der Waals surface area (Å²) in [6.45, 7) is 2.30. The fraction of sp³-hybridized carbons (Fsp3) is 1.00. The first-order valence-corrected chi connectivity index (χ1v) is 6.92. The fourth-order valence-electron chi connectivity index (χ4n) is 5.00. The summed E-state index contributed by atoms with van der Waals surface area (Å²) in [7, 11) is 0. The van der Waals surface area contributed by atoms with Crippen molar-refractivity contribution in [2.24, 2.45) is 23.7 Å². The van der Waals surface area contributed by atoms with E-state index < -0.39 is 0 Å². The molecule has 0 aliphatic heterocycles. The Hall–Kier alpha value is -0.0400. The summed E-state index contributed by atoms with van der Waals surface area (Å²) in [5, 5.41) is 10.4. The monoisotopic (exact) mass is 208 g/mol. The van der Waals surface area contributed by atoms with Crippen molar-refractivity contribution in [1.29, 1.82) is 0 Å². The number of hydrogen-bond donors (Lipinski definition) is 1. The van der Waals surface area contributed by atoms with E-state index in [0.29, 0.717) is 0 Å². The van der Waals surface area contributed by atoms with Crippen LogP contribution in [-0.4, -0.2) is 10.7 Å². The standard InChI is InChI=1S/C14H24O/c1-2-3-4-13-11-5-10-6-12(13)9-14(15,7-10)8-11/h10-13,15H,2-9H2,1H3. The molecule has 0 aromatic rings. The lowest BCUT2D eigenvalue weighted by Crippen LogP contribution is -2.54. The molecule has 4 aliphatic rings. The van der Waals surface area contributed by atoms with Crippen molar-refractivity contribution in [2.75, 3.05) is 0 Å². The molecular weight excluding hydrogens is 184 g/mol. The Labute approximate surface area is 93.3 Å². The molecule has 0 amide bonds. The van der Waals surface area contributed by atoms with E-state index in [4.69, 9.17) is 0 Å². The predicted molar refractivity (Wildman–Crippen MR) is 61.5 cm³/mol. The highest BCUT2D eigenvalue weighted by atomic mass is 16.3. The highest BCUT2D eigenvalue weighted by Crippen LogP contribution is 2.59. The number of hydrogen-bond acceptors (Lipinski definition) is 1. The Morgan fingerprint density at radius 2 is 1.80 bits per heavy atom. The summed E-state index contributed by atoms with van der Waals surface area (Å²) in [5.74, 6) is 3.62. The van der Waals surface area contributed by atoms with Crippen LogP contribution in [0.3, 0.4) is 0 Å². The topological polar surface area (TPSA) is 20.2 Å². The minimum absolute atomic E-state index is 0.223. The lowest BCUT2D eigenvalue weighted by molar-refractivity contribution is -0.153. The van der Waals surface area contributed by atoms with Crippen molar-refractivity contribution in [1.82, 2.24) is 0 Å². The molecule has 0 radical (unpaired) electrons. The van der Waals surface area contributed by atoms with Gasteiger partial charge >= 0.3 is 0 Å². The highest BCUT2D eigenvalue weighted by Gasteiger charge is 2.54. The molecule has 4 fully saturated rings. The van der Waals surface area contributed by atoms with Crippen LogP contribution >= 0.6 is 0 Å². The predicted octanol–water partition coefficient (Wildman–Crippen LogP) is 3.36. The van der Waals surface area contributed by atoms with Crippen LogP contribution in [0.4, 0.5) is 0 Å². The van der Waals surface area contributed by atoms with E-state index in [1.165, 1.54) is 32.1 Å². The summed E-state index contributed by atoms with van der Waals surface area (Å²) in [6, 6.07) is 0. The van der Waals surface area contributed by atoms with Gasteiger partial charge in [-0.15, -0.1) is 0 Å². The third kappa shape index (κ3) is 1.63. The van der Waals surface area contributed by atoms with Gasteiger partial charge in [0.25, 0.3) is 0 Å². The van der Waals surface area contributed by atoms with Gasteiger partial charge in [-0.05, 0) is 62.2 Å². The molecular formula is C14H24O. The van der Waals surface area contributed by atoms with E-state index in [1.54, 1.807) is 0 Å². The first-order chi connectivity index (χ1) is 7.20.